The Bertz CT molecular complexity index is 255. The van der Waals surface area contributed by atoms with Gasteiger partial charge in [0, 0.05) is 31.1 Å². The molecule has 1 fully saturated rings. The van der Waals surface area contributed by atoms with Gasteiger partial charge in [0.05, 0.1) is 0 Å². The average molecular weight is 225 g/mol. The molecular weight excluding hydrogens is 210 g/mol. The van der Waals surface area contributed by atoms with E-state index in [1.54, 1.807) is 0 Å². The van der Waals surface area contributed by atoms with Gasteiger partial charge in [-0.2, -0.15) is 0 Å². The highest BCUT2D eigenvalue weighted by Gasteiger charge is 2.09. The third-order valence-corrected chi connectivity index (χ3v) is 4.68. The van der Waals surface area contributed by atoms with Crippen LogP contribution in [0.5, 0.6) is 0 Å². The van der Waals surface area contributed by atoms with Crippen LogP contribution in [0, 0.1) is 0 Å². The van der Waals surface area contributed by atoms with E-state index in [1.807, 2.05) is 21.6 Å². The molecule has 1 aromatic rings. The van der Waals surface area contributed by atoms with Gasteiger partial charge < -0.3 is 0 Å². The molecule has 0 amide bonds. The summed E-state index contributed by atoms with van der Waals surface area (Å²) < 4.78 is 0. The molecule has 1 aromatic carbocycles. The molecule has 2 rings (SSSR count). The molecule has 0 unspecified atom stereocenters. The first-order chi connectivity index (χ1) is 6.95. The molecule has 0 aromatic heterocycles. The lowest BCUT2D eigenvalue weighted by atomic mass is 10.2. The molecule has 0 N–H and O–H groups in total. The molecule has 0 radical (unpaired) electrons. The first-order valence-corrected chi connectivity index (χ1v) is 7.44. The third kappa shape index (κ3) is 3.23. The van der Waals surface area contributed by atoms with E-state index < -0.39 is 0 Å². The quantitative estimate of drug-likeness (QED) is 0.713. The van der Waals surface area contributed by atoms with Gasteiger partial charge in [-0.05, 0) is 5.56 Å². The molecule has 3 heteroatoms. The number of hydrogen-bond acceptors (Lipinski definition) is 3. The summed E-state index contributed by atoms with van der Waals surface area (Å²) in [6.07, 6.45) is 0. The van der Waals surface area contributed by atoms with E-state index in [-0.39, 0.29) is 0 Å². The van der Waals surface area contributed by atoms with Crippen LogP contribution in [0.4, 0.5) is 0 Å². The Hall–Kier alpha value is -0.120. The maximum Gasteiger partial charge on any atom is 0.0234 e. The normalized spacial score (nSPS) is 19.1. The smallest absolute Gasteiger partial charge is 0.0234 e. The van der Waals surface area contributed by atoms with E-state index in [4.69, 9.17) is 0 Å². The Morgan fingerprint density at radius 3 is 2.29 bits per heavy atom. The van der Waals surface area contributed by atoms with Crippen LogP contribution in [-0.2, 0) is 6.54 Å². The van der Waals surface area contributed by atoms with Gasteiger partial charge in [-0.3, -0.25) is 4.90 Å². The molecule has 0 aliphatic carbocycles. The van der Waals surface area contributed by atoms with E-state index in [1.165, 1.54) is 30.2 Å². The predicted molar refractivity (Wildman–Crippen MR) is 66.6 cm³/mol. The number of hydrogen-bond donors (Lipinski definition) is 0. The molecule has 1 saturated heterocycles. The van der Waals surface area contributed by atoms with Crippen LogP contribution in [0.2, 0.25) is 0 Å². The fourth-order valence-corrected chi connectivity index (χ4v) is 3.62. The van der Waals surface area contributed by atoms with Gasteiger partial charge in [0.2, 0.25) is 0 Å². The highest BCUT2D eigenvalue weighted by molar-refractivity contribution is 8.76. The maximum atomic E-state index is 2.54. The SMILES string of the molecule is c1ccc(CN2CCSSCC2)cc1. The Morgan fingerprint density at radius 2 is 1.64 bits per heavy atom. The molecule has 0 saturated carbocycles. The van der Waals surface area contributed by atoms with Gasteiger partial charge in [0.1, 0.15) is 0 Å². The Morgan fingerprint density at radius 1 is 1.00 bits per heavy atom. The van der Waals surface area contributed by atoms with Crippen LogP contribution in [0.1, 0.15) is 5.56 Å². The fraction of sp³-hybridized carbons (Fsp3) is 0.455. The number of rotatable bonds is 2. The standard InChI is InChI=1S/C11H15NS2/c1-2-4-11(5-3-1)10-12-6-8-13-14-9-7-12/h1-5H,6-10H2. The van der Waals surface area contributed by atoms with Gasteiger partial charge in [0.15, 0.2) is 0 Å². The minimum Gasteiger partial charge on any atom is -0.297 e. The summed E-state index contributed by atoms with van der Waals surface area (Å²) in [5, 5.41) is 0. The fourth-order valence-electron chi connectivity index (χ4n) is 1.56. The zero-order valence-electron chi connectivity index (χ0n) is 8.19. The summed E-state index contributed by atoms with van der Waals surface area (Å²) in [6, 6.07) is 10.8. The molecule has 76 valence electrons. The van der Waals surface area contributed by atoms with Crippen molar-refractivity contribution >= 4 is 21.6 Å². The van der Waals surface area contributed by atoms with Crippen LogP contribution in [0.15, 0.2) is 30.3 Å². The lowest BCUT2D eigenvalue weighted by molar-refractivity contribution is 0.302. The van der Waals surface area contributed by atoms with Crippen LogP contribution in [-0.4, -0.2) is 29.5 Å². The van der Waals surface area contributed by atoms with Crippen LogP contribution in [0.3, 0.4) is 0 Å². The van der Waals surface area contributed by atoms with Crippen molar-refractivity contribution in [1.29, 1.82) is 0 Å². The van der Waals surface area contributed by atoms with Gasteiger partial charge in [-0.25, -0.2) is 0 Å². The van der Waals surface area contributed by atoms with Crippen molar-refractivity contribution in [2.75, 3.05) is 24.6 Å². The molecule has 0 atom stereocenters. The third-order valence-electron chi connectivity index (χ3n) is 2.31. The van der Waals surface area contributed by atoms with Crippen molar-refractivity contribution in [3.05, 3.63) is 35.9 Å². The summed E-state index contributed by atoms with van der Waals surface area (Å²) in [6.45, 7) is 3.57. The van der Waals surface area contributed by atoms with Crippen molar-refractivity contribution < 1.29 is 0 Å². The summed E-state index contributed by atoms with van der Waals surface area (Å²) in [4.78, 5) is 2.54. The molecule has 0 spiro atoms. The largest absolute Gasteiger partial charge is 0.297 e. The number of nitrogens with zero attached hydrogens (tertiary/aromatic N) is 1. The Labute approximate surface area is 93.7 Å². The van der Waals surface area contributed by atoms with Gasteiger partial charge in [-0.15, -0.1) is 0 Å². The lowest BCUT2D eigenvalue weighted by Gasteiger charge is -2.18. The van der Waals surface area contributed by atoms with Crippen molar-refractivity contribution in [3.63, 3.8) is 0 Å². The second kappa shape index (κ2) is 5.69. The van der Waals surface area contributed by atoms with Crippen molar-refractivity contribution in [2.24, 2.45) is 0 Å². The van der Waals surface area contributed by atoms with Gasteiger partial charge >= 0.3 is 0 Å². The topological polar surface area (TPSA) is 3.24 Å². The maximum absolute atomic E-state index is 2.54. The minimum atomic E-state index is 1.11. The van der Waals surface area contributed by atoms with Crippen molar-refractivity contribution in [1.82, 2.24) is 4.90 Å². The molecule has 0 bridgehead atoms. The van der Waals surface area contributed by atoms with Crippen LogP contribution < -0.4 is 0 Å². The molecule has 1 aliphatic heterocycles. The summed E-state index contributed by atoms with van der Waals surface area (Å²) in [5.41, 5.74) is 1.43. The molecule has 1 aliphatic rings. The predicted octanol–water partition coefficient (Wildman–Crippen LogP) is 2.88. The Kier molecular flexibility index (Phi) is 4.22. The van der Waals surface area contributed by atoms with E-state index in [2.05, 4.69) is 35.2 Å². The average Bonchev–Trinajstić information content (AvgIpc) is 2.48. The van der Waals surface area contributed by atoms with Crippen molar-refractivity contribution in [2.45, 2.75) is 6.54 Å². The first kappa shape index (κ1) is 10.4. The lowest BCUT2D eigenvalue weighted by Crippen LogP contribution is -2.26. The van der Waals surface area contributed by atoms with E-state index in [0.717, 1.165) is 6.54 Å². The molecular formula is C11H15NS2. The van der Waals surface area contributed by atoms with Crippen LogP contribution in [0.25, 0.3) is 0 Å². The van der Waals surface area contributed by atoms with E-state index in [9.17, 15) is 0 Å². The summed E-state index contributed by atoms with van der Waals surface area (Å²) in [7, 11) is 4.01. The minimum absolute atomic E-state index is 1.11. The number of benzene rings is 1. The van der Waals surface area contributed by atoms with Crippen LogP contribution >= 0.6 is 21.6 Å². The van der Waals surface area contributed by atoms with E-state index in [0.29, 0.717) is 0 Å². The highest BCUT2D eigenvalue weighted by atomic mass is 33.1. The zero-order valence-corrected chi connectivity index (χ0v) is 9.82. The van der Waals surface area contributed by atoms with Gasteiger partial charge in [0.25, 0.3) is 0 Å². The van der Waals surface area contributed by atoms with E-state index >= 15 is 0 Å². The monoisotopic (exact) mass is 225 g/mol. The summed E-state index contributed by atoms with van der Waals surface area (Å²) in [5.74, 6) is 2.52. The summed E-state index contributed by atoms with van der Waals surface area (Å²) >= 11 is 0. The molecule has 1 heterocycles. The second-order valence-corrected chi connectivity index (χ2v) is 6.11. The second-order valence-electron chi connectivity index (χ2n) is 3.41. The molecule has 14 heavy (non-hydrogen) atoms. The van der Waals surface area contributed by atoms with Gasteiger partial charge in [-0.1, -0.05) is 51.9 Å². The first-order valence-electron chi connectivity index (χ1n) is 4.96. The Balaban J connectivity index is 1.90. The zero-order chi connectivity index (χ0) is 9.64. The van der Waals surface area contributed by atoms with Crippen molar-refractivity contribution in [3.8, 4) is 0 Å². The molecule has 1 nitrogen and oxygen atoms in total. The highest BCUT2D eigenvalue weighted by Crippen LogP contribution is 2.24.